The molecular formula is C18H20N6O3. The zero-order valence-corrected chi connectivity index (χ0v) is 14.8. The van der Waals surface area contributed by atoms with Crippen molar-refractivity contribution in [2.45, 2.75) is 19.4 Å². The molecular weight excluding hydrogens is 348 g/mol. The van der Waals surface area contributed by atoms with Gasteiger partial charge in [-0.05, 0) is 24.1 Å². The fourth-order valence-electron chi connectivity index (χ4n) is 3.34. The quantitative estimate of drug-likeness (QED) is 0.533. The second-order valence-electron chi connectivity index (χ2n) is 6.60. The number of carbonyl (C=O) groups excluding carboxylic acids is 1. The van der Waals surface area contributed by atoms with Crippen LogP contribution in [0.5, 0.6) is 5.88 Å². The number of nitrogens with zero attached hydrogens (tertiary/aromatic N) is 3. The molecule has 0 aliphatic carbocycles. The molecule has 0 bridgehead atoms. The second-order valence-corrected chi connectivity index (χ2v) is 6.60. The van der Waals surface area contributed by atoms with Gasteiger partial charge in [0.15, 0.2) is 0 Å². The van der Waals surface area contributed by atoms with Crippen LogP contribution >= 0.6 is 0 Å². The molecule has 0 saturated heterocycles. The third-order valence-electron chi connectivity index (χ3n) is 4.85. The number of rotatable bonds is 5. The number of imidazole rings is 2. The Morgan fingerprint density at radius 2 is 2.22 bits per heavy atom. The van der Waals surface area contributed by atoms with E-state index < -0.39 is 5.69 Å². The third-order valence-corrected chi connectivity index (χ3v) is 4.85. The molecule has 0 spiro atoms. The van der Waals surface area contributed by atoms with Crippen LogP contribution in [0.1, 0.15) is 17.0 Å². The molecule has 0 saturated carbocycles. The fourth-order valence-corrected chi connectivity index (χ4v) is 3.34. The van der Waals surface area contributed by atoms with Gasteiger partial charge >= 0.3 is 5.69 Å². The zero-order chi connectivity index (χ0) is 19.0. The average molecular weight is 368 g/mol. The Labute approximate surface area is 154 Å². The van der Waals surface area contributed by atoms with E-state index >= 15 is 0 Å². The van der Waals surface area contributed by atoms with Crippen LogP contribution in [0, 0.1) is 0 Å². The van der Waals surface area contributed by atoms with Crippen molar-refractivity contribution in [1.82, 2.24) is 19.9 Å². The van der Waals surface area contributed by atoms with Crippen LogP contribution in [-0.2, 0) is 24.2 Å². The van der Waals surface area contributed by atoms with Crippen LogP contribution in [0.3, 0.4) is 0 Å². The average Bonchev–Trinajstić information content (AvgIpc) is 3.36. The Kier molecular flexibility index (Phi) is 4.19. The molecule has 1 amide bonds. The van der Waals surface area contributed by atoms with Crippen molar-refractivity contribution in [3.8, 4) is 5.88 Å². The van der Waals surface area contributed by atoms with E-state index in [2.05, 4.69) is 24.8 Å². The molecule has 1 aliphatic heterocycles. The SMILES string of the molecule is CN(C(=O)Cc1[nH]c(=O)[nH]c1O)c1ccc2c(c1)N(Cc1cnc[nH]1)CC2. The summed E-state index contributed by atoms with van der Waals surface area (Å²) >= 11 is 0. The molecule has 4 N–H and O–H groups in total. The van der Waals surface area contributed by atoms with Gasteiger partial charge in [-0.15, -0.1) is 0 Å². The van der Waals surface area contributed by atoms with Gasteiger partial charge in [-0.2, -0.15) is 0 Å². The van der Waals surface area contributed by atoms with E-state index in [-0.39, 0.29) is 23.9 Å². The van der Waals surface area contributed by atoms with Crippen molar-refractivity contribution in [1.29, 1.82) is 0 Å². The summed E-state index contributed by atoms with van der Waals surface area (Å²) in [5.74, 6) is -0.542. The van der Waals surface area contributed by atoms with Crippen LogP contribution in [0.2, 0.25) is 0 Å². The Morgan fingerprint density at radius 3 is 2.93 bits per heavy atom. The van der Waals surface area contributed by atoms with E-state index in [1.165, 1.54) is 10.5 Å². The number of benzene rings is 1. The molecule has 27 heavy (non-hydrogen) atoms. The predicted molar refractivity (Wildman–Crippen MR) is 100.0 cm³/mol. The van der Waals surface area contributed by atoms with Gasteiger partial charge in [0.2, 0.25) is 11.8 Å². The maximum Gasteiger partial charge on any atom is 0.325 e. The van der Waals surface area contributed by atoms with Crippen molar-refractivity contribution in [2.75, 3.05) is 23.4 Å². The number of carbonyl (C=O) groups is 1. The molecule has 0 unspecified atom stereocenters. The highest BCUT2D eigenvalue weighted by molar-refractivity contribution is 5.95. The van der Waals surface area contributed by atoms with Gasteiger partial charge in [0.1, 0.15) is 0 Å². The summed E-state index contributed by atoms with van der Waals surface area (Å²) in [5.41, 5.74) is 3.77. The molecule has 4 rings (SSSR count). The molecule has 0 fully saturated rings. The molecule has 0 atom stereocenters. The number of H-pyrrole nitrogens is 3. The van der Waals surface area contributed by atoms with E-state index in [9.17, 15) is 14.7 Å². The van der Waals surface area contributed by atoms with E-state index in [1.54, 1.807) is 13.4 Å². The Hall–Kier alpha value is -3.49. The number of hydrogen-bond acceptors (Lipinski definition) is 5. The van der Waals surface area contributed by atoms with Gasteiger partial charge in [0.25, 0.3) is 0 Å². The third kappa shape index (κ3) is 3.31. The van der Waals surface area contributed by atoms with Crippen LogP contribution < -0.4 is 15.5 Å². The highest BCUT2D eigenvalue weighted by Gasteiger charge is 2.22. The number of likely N-dealkylation sites (N-methyl/N-ethyl adjacent to an activating group) is 1. The van der Waals surface area contributed by atoms with Crippen molar-refractivity contribution in [3.63, 3.8) is 0 Å². The Bertz CT molecular complexity index is 1020. The van der Waals surface area contributed by atoms with E-state index in [4.69, 9.17) is 0 Å². The van der Waals surface area contributed by atoms with E-state index in [0.29, 0.717) is 0 Å². The smallest absolute Gasteiger partial charge is 0.325 e. The number of aromatic nitrogens is 4. The highest BCUT2D eigenvalue weighted by atomic mass is 16.3. The summed E-state index contributed by atoms with van der Waals surface area (Å²) in [7, 11) is 1.68. The number of anilines is 2. The fraction of sp³-hybridized carbons (Fsp3) is 0.278. The number of aromatic hydroxyl groups is 1. The lowest BCUT2D eigenvalue weighted by atomic mass is 10.1. The van der Waals surface area contributed by atoms with E-state index in [0.717, 1.165) is 36.6 Å². The van der Waals surface area contributed by atoms with Crippen LogP contribution in [0.4, 0.5) is 11.4 Å². The summed E-state index contributed by atoms with van der Waals surface area (Å²) in [6.45, 7) is 1.64. The molecule has 140 valence electrons. The summed E-state index contributed by atoms with van der Waals surface area (Å²) < 4.78 is 0. The topological polar surface area (TPSA) is 121 Å². The lowest BCUT2D eigenvalue weighted by Crippen LogP contribution is -2.28. The van der Waals surface area contributed by atoms with Crippen LogP contribution in [0.15, 0.2) is 35.5 Å². The minimum atomic E-state index is -0.537. The second kappa shape index (κ2) is 6.67. The van der Waals surface area contributed by atoms with Crippen molar-refractivity contribution < 1.29 is 9.90 Å². The first-order chi connectivity index (χ1) is 13.0. The van der Waals surface area contributed by atoms with Gasteiger partial charge in [0, 0.05) is 31.2 Å². The maximum absolute atomic E-state index is 12.6. The van der Waals surface area contributed by atoms with Crippen LogP contribution in [-0.4, -0.2) is 44.5 Å². The van der Waals surface area contributed by atoms with Gasteiger partial charge in [-0.1, -0.05) is 6.07 Å². The molecule has 9 nitrogen and oxygen atoms in total. The van der Waals surface area contributed by atoms with Crippen molar-refractivity contribution >= 4 is 17.3 Å². The lowest BCUT2D eigenvalue weighted by molar-refractivity contribution is -0.117. The standard InChI is InChI=1S/C18H20N6O3/c1-23(16(25)7-14-17(26)22-18(27)21-14)13-3-2-11-4-5-24(15(11)6-13)9-12-8-19-10-20-12/h2-3,6,8,10,26H,4-5,7,9H2,1H3,(H,19,20)(H2,21,22,27). The van der Waals surface area contributed by atoms with Gasteiger partial charge < -0.3 is 24.9 Å². The Balaban J connectivity index is 1.53. The first-order valence-corrected chi connectivity index (χ1v) is 8.63. The molecule has 3 aromatic rings. The monoisotopic (exact) mass is 368 g/mol. The largest absolute Gasteiger partial charge is 0.493 e. The summed E-state index contributed by atoms with van der Waals surface area (Å²) in [4.78, 5) is 39.4. The zero-order valence-electron chi connectivity index (χ0n) is 14.8. The number of nitrogens with one attached hydrogen (secondary N) is 3. The molecule has 0 radical (unpaired) electrons. The van der Waals surface area contributed by atoms with Crippen molar-refractivity contribution in [3.05, 3.63) is 58.2 Å². The molecule has 3 heterocycles. The molecule has 1 aromatic carbocycles. The summed E-state index contributed by atoms with van der Waals surface area (Å²) in [5, 5.41) is 9.64. The minimum absolute atomic E-state index is 0.101. The maximum atomic E-state index is 12.6. The van der Waals surface area contributed by atoms with Gasteiger partial charge in [-0.25, -0.2) is 9.78 Å². The Morgan fingerprint density at radius 1 is 1.37 bits per heavy atom. The summed E-state index contributed by atoms with van der Waals surface area (Å²) in [6, 6.07) is 5.95. The van der Waals surface area contributed by atoms with Crippen LogP contribution in [0.25, 0.3) is 0 Å². The first-order valence-electron chi connectivity index (χ1n) is 8.63. The minimum Gasteiger partial charge on any atom is -0.493 e. The number of aromatic amines is 3. The van der Waals surface area contributed by atoms with Gasteiger partial charge in [-0.3, -0.25) is 9.78 Å². The van der Waals surface area contributed by atoms with E-state index in [1.807, 2.05) is 24.4 Å². The summed E-state index contributed by atoms with van der Waals surface area (Å²) in [6.07, 6.45) is 4.33. The number of hydrogen-bond donors (Lipinski definition) is 4. The van der Waals surface area contributed by atoms with Gasteiger partial charge in [0.05, 0.1) is 30.7 Å². The molecule has 9 heteroatoms. The predicted octanol–water partition coefficient (Wildman–Crippen LogP) is 0.900. The normalized spacial score (nSPS) is 13.0. The molecule has 2 aromatic heterocycles. The number of fused-ring (bicyclic) bond motifs is 1. The number of amides is 1. The van der Waals surface area contributed by atoms with Crippen molar-refractivity contribution in [2.24, 2.45) is 0 Å². The highest BCUT2D eigenvalue weighted by Crippen LogP contribution is 2.33. The lowest BCUT2D eigenvalue weighted by Gasteiger charge is -2.22. The molecule has 1 aliphatic rings. The first kappa shape index (κ1) is 17.0.